The molecule has 1 saturated carbocycles. The zero-order valence-electron chi connectivity index (χ0n) is 9.64. The van der Waals surface area contributed by atoms with Gasteiger partial charge in [-0.3, -0.25) is 0 Å². The SMILES string of the molecule is O=C(O)c1ccc(-c2cccc(F)c2)n1C1CC1. The van der Waals surface area contributed by atoms with Gasteiger partial charge in [-0.25, -0.2) is 9.18 Å². The van der Waals surface area contributed by atoms with E-state index in [-0.39, 0.29) is 17.6 Å². The zero-order valence-corrected chi connectivity index (χ0v) is 9.64. The number of halogens is 1. The molecule has 1 aromatic heterocycles. The number of benzene rings is 1. The highest BCUT2D eigenvalue weighted by atomic mass is 19.1. The summed E-state index contributed by atoms with van der Waals surface area (Å²) in [5, 5.41) is 9.16. The first-order valence-corrected chi connectivity index (χ1v) is 5.87. The maximum absolute atomic E-state index is 13.2. The number of rotatable bonds is 3. The van der Waals surface area contributed by atoms with E-state index in [2.05, 4.69) is 0 Å². The van der Waals surface area contributed by atoms with Crippen LogP contribution in [0.25, 0.3) is 11.3 Å². The summed E-state index contributed by atoms with van der Waals surface area (Å²) in [6.45, 7) is 0. The lowest BCUT2D eigenvalue weighted by molar-refractivity contribution is 0.0685. The molecule has 18 heavy (non-hydrogen) atoms. The first-order chi connectivity index (χ1) is 8.66. The standard InChI is InChI=1S/C14H12FNO2/c15-10-3-1-2-9(8-10)12-6-7-13(14(17)18)16(12)11-4-5-11/h1-3,6-8,11H,4-5H2,(H,17,18). The van der Waals surface area contributed by atoms with Crippen LogP contribution in [0.2, 0.25) is 0 Å². The number of hydrogen-bond acceptors (Lipinski definition) is 1. The Balaban J connectivity index is 2.15. The summed E-state index contributed by atoms with van der Waals surface area (Å²) in [7, 11) is 0. The molecular weight excluding hydrogens is 233 g/mol. The minimum atomic E-state index is -0.940. The predicted octanol–water partition coefficient (Wildman–Crippen LogP) is 3.33. The fraction of sp³-hybridized carbons (Fsp3) is 0.214. The van der Waals surface area contributed by atoms with Gasteiger partial charge in [0, 0.05) is 17.3 Å². The molecular formula is C14H12FNO2. The van der Waals surface area contributed by atoms with Gasteiger partial charge in [0.1, 0.15) is 11.5 Å². The maximum atomic E-state index is 13.2. The molecule has 1 heterocycles. The molecule has 1 aromatic carbocycles. The molecule has 1 fully saturated rings. The molecule has 1 aliphatic rings. The lowest BCUT2D eigenvalue weighted by Gasteiger charge is -2.10. The zero-order chi connectivity index (χ0) is 12.7. The predicted molar refractivity (Wildman–Crippen MR) is 65.1 cm³/mol. The van der Waals surface area contributed by atoms with Gasteiger partial charge in [-0.15, -0.1) is 0 Å². The van der Waals surface area contributed by atoms with Crippen molar-refractivity contribution in [3.05, 3.63) is 47.9 Å². The average Bonchev–Trinajstić information content (AvgIpc) is 3.07. The number of carboxylic acid groups (broad SMARTS) is 1. The van der Waals surface area contributed by atoms with Crippen molar-refractivity contribution in [2.24, 2.45) is 0 Å². The van der Waals surface area contributed by atoms with Crippen LogP contribution in [0.15, 0.2) is 36.4 Å². The third kappa shape index (κ3) is 1.79. The fourth-order valence-corrected chi connectivity index (χ4v) is 2.23. The smallest absolute Gasteiger partial charge is 0.352 e. The van der Waals surface area contributed by atoms with E-state index in [0.29, 0.717) is 0 Å². The van der Waals surface area contributed by atoms with E-state index in [0.717, 1.165) is 24.1 Å². The summed E-state index contributed by atoms with van der Waals surface area (Å²) in [6, 6.07) is 9.81. The molecule has 2 aromatic rings. The fourth-order valence-electron chi connectivity index (χ4n) is 2.23. The molecule has 1 aliphatic carbocycles. The van der Waals surface area contributed by atoms with Crippen LogP contribution in [0.5, 0.6) is 0 Å². The third-order valence-electron chi connectivity index (χ3n) is 3.17. The van der Waals surface area contributed by atoms with Crippen molar-refractivity contribution in [1.29, 1.82) is 0 Å². The molecule has 0 unspecified atom stereocenters. The molecule has 0 atom stereocenters. The van der Waals surface area contributed by atoms with Gasteiger partial charge in [0.2, 0.25) is 0 Å². The molecule has 0 amide bonds. The third-order valence-corrected chi connectivity index (χ3v) is 3.17. The summed E-state index contributed by atoms with van der Waals surface area (Å²) in [5.74, 6) is -1.25. The van der Waals surface area contributed by atoms with Crippen LogP contribution in [0.4, 0.5) is 4.39 Å². The maximum Gasteiger partial charge on any atom is 0.352 e. The van der Waals surface area contributed by atoms with Gasteiger partial charge in [-0.1, -0.05) is 12.1 Å². The van der Waals surface area contributed by atoms with Gasteiger partial charge in [-0.2, -0.15) is 0 Å². The summed E-state index contributed by atoms with van der Waals surface area (Å²) < 4.78 is 15.0. The minimum Gasteiger partial charge on any atom is -0.477 e. The van der Waals surface area contributed by atoms with E-state index in [4.69, 9.17) is 5.11 Å². The molecule has 0 spiro atoms. The minimum absolute atomic E-state index is 0.240. The van der Waals surface area contributed by atoms with E-state index >= 15 is 0 Å². The second-order valence-electron chi connectivity index (χ2n) is 4.52. The van der Waals surface area contributed by atoms with E-state index in [1.807, 2.05) is 0 Å². The highest BCUT2D eigenvalue weighted by molar-refractivity contribution is 5.87. The van der Waals surface area contributed by atoms with Crippen LogP contribution >= 0.6 is 0 Å². The van der Waals surface area contributed by atoms with Gasteiger partial charge < -0.3 is 9.67 Å². The Morgan fingerprint density at radius 1 is 1.28 bits per heavy atom. The van der Waals surface area contributed by atoms with Crippen molar-refractivity contribution in [3.63, 3.8) is 0 Å². The van der Waals surface area contributed by atoms with Crippen LogP contribution in [0.3, 0.4) is 0 Å². The number of aromatic carboxylic acids is 1. The van der Waals surface area contributed by atoms with E-state index in [9.17, 15) is 9.18 Å². The lowest BCUT2D eigenvalue weighted by Crippen LogP contribution is -2.08. The Morgan fingerprint density at radius 2 is 2.06 bits per heavy atom. The Morgan fingerprint density at radius 3 is 2.67 bits per heavy atom. The van der Waals surface area contributed by atoms with Crippen molar-refractivity contribution >= 4 is 5.97 Å². The largest absolute Gasteiger partial charge is 0.477 e. The van der Waals surface area contributed by atoms with Gasteiger partial charge in [0.15, 0.2) is 0 Å². The van der Waals surface area contributed by atoms with Crippen LogP contribution in [-0.4, -0.2) is 15.6 Å². The Kier molecular flexibility index (Phi) is 2.44. The van der Waals surface area contributed by atoms with Crippen molar-refractivity contribution in [3.8, 4) is 11.3 Å². The first-order valence-electron chi connectivity index (χ1n) is 5.87. The van der Waals surface area contributed by atoms with Gasteiger partial charge >= 0.3 is 5.97 Å². The van der Waals surface area contributed by atoms with Gasteiger partial charge in [-0.05, 0) is 37.1 Å². The molecule has 3 rings (SSSR count). The second-order valence-corrected chi connectivity index (χ2v) is 4.52. The van der Waals surface area contributed by atoms with E-state index < -0.39 is 5.97 Å². The van der Waals surface area contributed by atoms with Crippen LogP contribution in [0, 0.1) is 5.82 Å². The molecule has 0 saturated heterocycles. The van der Waals surface area contributed by atoms with Crippen molar-refractivity contribution in [2.45, 2.75) is 18.9 Å². The normalized spacial score (nSPS) is 14.7. The summed E-state index contributed by atoms with van der Waals surface area (Å²) in [6.07, 6.45) is 1.97. The van der Waals surface area contributed by atoms with Crippen LogP contribution in [-0.2, 0) is 0 Å². The molecule has 0 bridgehead atoms. The molecule has 1 N–H and O–H groups in total. The lowest BCUT2D eigenvalue weighted by atomic mass is 10.1. The van der Waals surface area contributed by atoms with Crippen molar-refractivity contribution in [1.82, 2.24) is 4.57 Å². The number of hydrogen-bond donors (Lipinski definition) is 1. The summed E-state index contributed by atoms with van der Waals surface area (Å²) in [4.78, 5) is 11.2. The Labute approximate surface area is 103 Å². The van der Waals surface area contributed by atoms with Crippen molar-refractivity contribution < 1.29 is 14.3 Å². The number of carboxylic acids is 1. The molecule has 4 heteroatoms. The average molecular weight is 245 g/mol. The van der Waals surface area contributed by atoms with Gasteiger partial charge in [0.05, 0.1) is 0 Å². The van der Waals surface area contributed by atoms with Gasteiger partial charge in [0.25, 0.3) is 0 Å². The Bertz CT molecular complexity index is 614. The number of aromatic nitrogens is 1. The Hall–Kier alpha value is -2.10. The summed E-state index contributed by atoms with van der Waals surface area (Å²) in [5.41, 5.74) is 1.76. The number of carbonyl (C=O) groups is 1. The molecule has 92 valence electrons. The van der Waals surface area contributed by atoms with E-state index in [1.54, 1.807) is 28.8 Å². The quantitative estimate of drug-likeness (QED) is 0.901. The monoisotopic (exact) mass is 245 g/mol. The van der Waals surface area contributed by atoms with E-state index in [1.165, 1.54) is 12.1 Å². The van der Waals surface area contributed by atoms with Crippen LogP contribution < -0.4 is 0 Å². The topological polar surface area (TPSA) is 42.2 Å². The highest BCUT2D eigenvalue weighted by Gasteiger charge is 2.29. The van der Waals surface area contributed by atoms with Crippen molar-refractivity contribution in [2.75, 3.05) is 0 Å². The highest BCUT2D eigenvalue weighted by Crippen LogP contribution is 2.40. The molecule has 0 aliphatic heterocycles. The number of nitrogens with zero attached hydrogens (tertiary/aromatic N) is 1. The second kappa shape index (κ2) is 3.98. The summed E-state index contributed by atoms with van der Waals surface area (Å²) >= 11 is 0. The van der Waals surface area contributed by atoms with Crippen LogP contribution in [0.1, 0.15) is 29.4 Å². The molecule has 0 radical (unpaired) electrons. The first kappa shape index (κ1) is 11.0. The molecule has 3 nitrogen and oxygen atoms in total.